The van der Waals surface area contributed by atoms with Crippen LogP contribution in [-0.4, -0.2) is 16.5 Å². The van der Waals surface area contributed by atoms with E-state index in [1.807, 2.05) is 6.07 Å². The van der Waals surface area contributed by atoms with Crippen molar-refractivity contribution < 1.29 is 0 Å². The van der Waals surface area contributed by atoms with E-state index < -0.39 is 0 Å². The SMILES string of the molecule is CCN(c1cccc(C)c1)c1ncncc1N. The van der Waals surface area contributed by atoms with Gasteiger partial charge in [-0.25, -0.2) is 9.97 Å². The van der Waals surface area contributed by atoms with Crippen LogP contribution in [0.1, 0.15) is 12.5 Å². The van der Waals surface area contributed by atoms with E-state index in [1.165, 1.54) is 11.9 Å². The zero-order valence-corrected chi connectivity index (χ0v) is 10.1. The van der Waals surface area contributed by atoms with E-state index >= 15 is 0 Å². The van der Waals surface area contributed by atoms with Crippen molar-refractivity contribution in [3.05, 3.63) is 42.4 Å². The van der Waals surface area contributed by atoms with Crippen LogP contribution in [0.15, 0.2) is 36.8 Å². The Kier molecular flexibility index (Phi) is 3.23. The predicted molar refractivity (Wildman–Crippen MR) is 70.3 cm³/mol. The average molecular weight is 228 g/mol. The third-order valence-corrected chi connectivity index (χ3v) is 2.60. The number of hydrogen-bond donors (Lipinski definition) is 1. The molecule has 0 amide bonds. The molecule has 0 spiro atoms. The van der Waals surface area contributed by atoms with Crippen LogP contribution in [0.25, 0.3) is 0 Å². The van der Waals surface area contributed by atoms with Gasteiger partial charge in [0.25, 0.3) is 0 Å². The molecule has 17 heavy (non-hydrogen) atoms. The van der Waals surface area contributed by atoms with Crippen LogP contribution in [0.3, 0.4) is 0 Å². The van der Waals surface area contributed by atoms with E-state index in [-0.39, 0.29) is 0 Å². The van der Waals surface area contributed by atoms with Crippen molar-refractivity contribution in [2.24, 2.45) is 0 Å². The Balaban J connectivity index is 2.44. The highest BCUT2D eigenvalue weighted by atomic mass is 15.2. The fourth-order valence-electron chi connectivity index (χ4n) is 1.81. The number of rotatable bonds is 3. The van der Waals surface area contributed by atoms with Crippen molar-refractivity contribution >= 4 is 17.2 Å². The summed E-state index contributed by atoms with van der Waals surface area (Å²) >= 11 is 0. The minimum absolute atomic E-state index is 0.593. The van der Waals surface area contributed by atoms with Crippen molar-refractivity contribution in [2.45, 2.75) is 13.8 Å². The molecule has 88 valence electrons. The van der Waals surface area contributed by atoms with E-state index in [0.29, 0.717) is 5.69 Å². The molecule has 1 heterocycles. The van der Waals surface area contributed by atoms with Gasteiger partial charge in [-0.15, -0.1) is 0 Å². The lowest BCUT2D eigenvalue weighted by Gasteiger charge is -2.23. The molecule has 0 saturated carbocycles. The maximum Gasteiger partial charge on any atom is 0.159 e. The van der Waals surface area contributed by atoms with Crippen LogP contribution in [0.5, 0.6) is 0 Å². The van der Waals surface area contributed by atoms with Crippen molar-refractivity contribution in [3.8, 4) is 0 Å². The quantitative estimate of drug-likeness (QED) is 0.877. The number of aryl methyl sites for hydroxylation is 1. The summed E-state index contributed by atoms with van der Waals surface area (Å²) in [5.74, 6) is 0.758. The van der Waals surface area contributed by atoms with Gasteiger partial charge in [-0.1, -0.05) is 12.1 Å². The number of nitrogens with zero attached hydrogens (tertiary/aromatic N) is 3. The lowest BCUT2D eigenvalue weighted by Crippen LogP contribution is -2.19. The Morgan fingerprint density at radius 3 is 2.82 bits per heavy atom. The third kappa shape index (κ3) is 2.36. The van der Waals surface area contributed by atoms with Gasteiger partial charge in [0.15, 0.2) is 5.82 Å². The smallest absolute Gasteiger partial charge is 0.159 e. The molecular weight excluding hydrogens is 212 g/mol. The topological polar surface area (TPSA) is 55.0 Å². The summed E-state index contributed by atoms with van der Waals surface area (Å²) in [6.45, 7) is 4.95. The molecule has 4 heteroatoms. The summed E-state index contributed by atoms with van der Waals surface area (Å²) in [7, 11) is 0. The van der Waals surface area contributed by atoms with Crippen molar-refractivity contribution in [3.63, 3.8) is 0 Å². The lowest BCUT2D eigenvalue weighted by molar-refractivity contribution is 0.978. The molecule has 2 rings (SSSR count). The molecule has 0 fully saturated rings. The van der Waals surface area contributed by atoms with E-state index in [0.717, 1.165) is 18.1 Å². The molecule has 0 saturated heterocycles. The van der Waals surface area contributed by atoms with E-state index in [9.17, 15) is 0 Å². The molecule has 0 unspecified atom stereocenters. The van der Waals surface area contributed by atoms with Gasteiger partial charge in [-0.2, -0.15) is 0 Å². The molecular formula is C13H16N4. The maximum absolute atomic E-state index is 5.91. The van der Waals surface area contributed by atoms with Crippen molar-refractivity contribution in [1.82, 2.24) is 9.97 Å². The Labute approximate surface area is 101 Å². The number of benzene rings is 1. The second kappa shape index (κ2) is 4.82. The van der Waals surface area contributed by atoms with Crippen LogP contribution >= 0.6 is 0 Å². The summed E-state index contributed by atoms with van der Waals surface area (Å²) in [6.07, 6.45) is 3.14. The summed E-state index contributed by atoms with van der Waals surface area (Å²) in [4.78, 5) is 10.2. The van der Waals surface area contributed by atoms with Crippen LogP contribution < -0.4 is 10.6 Å². The van der Waals surface area contributed by atoms with Gasteiger partial charge in [-0.3, -0.25) is 0 Å². The molecule has 0 radical (unpaired) electrons. The number of anilines is 3. The van der Waals surface area contributed by atoms with Gasteiger partial charge >= 0.3 is 0 Å². The Bertz CT molecular complexity index is 510. The highest BCUT2D eigenvalue weighted by Gasteiger charge is 2.11. The minimum atomic E-state index is 0.593. The number of aromatic nitrogens is 2. The van der Waals surface area contributed by atoms with E-state index in [4.69, 9.17) is 5.73 Å². The first kappa shape index (κ1) is 11.4. The largest absolute Gasteiger partial charge is 0.394 e. The highest BCUT2D eigenvalue weighted by Crippen LogP contribution is 2.27. The zero-order chi connectivity index (χ0) is 12.3. The fraction of sp³-hybridized carbons (Fsp3) is 0.231. The van der Waals surface area contributed by atoms with E-state index in [1.54, 1.807) is 6.20 Å². The highest BCUT2D eigenvalue weighted by molar-refractivity contribution is 5.70. The normalized spacial score (nSPS) is 10.2. The standard InChI is InChI=1S/C13H16N4/c1-3-17(11-6-4-5-10(2)7-11)13-12(14)8-15-9-16-13/h4-9H,3,14H2,1-2H3. The number of nitrogen functional groups attached to an aromatic ring is 1. The Morgan fingerprint density at radius 2 is 2.18 bits per heavy atom. The number of nitrogens with two attached hydrogens (primary N) is 1. The molecule has 2 aromatic rings. The summed E-state index contributed by atoms with van der Waals surface area (Å²) in [5, 5.41) is 0. The van der Waals surface area contributed by atoms with Gasteiger partial charge < -0.3 is 10.6 Å². The molecule has 4 nitrogen and oxygen atoms in total. The van der Waals surface area contributed by atoms with Crippen molar-refractivity contribution in [2.75, 3.05) is 17.2 Å². The van der Waals surface area contributed by atoms with Gasteiger partial charge in [0.05, 0.1) is 11.9 Å². The van der Waals surface area contributed by atoms with Gasteiger partial charge in [-0.05, 0) is 31.5 Å². The molecule has 0 aliphatic rings. The minimum Gasteiger partial charge on any atom is -0.394 e. The molecule has 0 atom stereocenters. The van der Waals surface area contributed by atoms with Crippen LogP contribution in [-0.2, 0) is 0 Å². The second-order valence-corrected chi connectivity index (χ2v) is 3.88. The first-order valence-corrected chi connectivity index (χ1v) is 5.62. The summed E-state index contributed by atoms with van der Waals surface area (Å²) in [6, 6.07) is 8.27. The predicted octanol–water partition coefficient (Wildman–Crippen LogP) is 2.53. The van der Waals surface area contributed by atoms with Crippen LogP contribution in [0.2, 0.25) is 0 Å². The Morgan fingerprint density at radius 1 is 1.35 bits per heavy atom. The second-order valence-electron chi connectivity index (χ2n) is 3.88. The van der Waals surface area contributed by atoms with Crippen LogP contribution in [0, 0.1) is 6.92 Å². The summed E-state index contributed by atoms with van der Waals surface area (Å²) < 4.78 is 0. The van der Waals surface area contributed by atoms with Crippen molar-refractivity contribution in [1.29, 1.82) is 0 Å². The molecule has 0 aliphatic carbocycles. The first-order valence-electron chi connectivity index (χ1n) is 5.62. The first-order chi connectivity index (χ1) is 8.22. The zero-order valence-electron chi connectivity index (χ0n) is 10.1. The molecule has 1 aromatic heterocycles. The fourth-order valence-corrected chi connectivity index (χ4v) is 1.81. The van der Waals surface area contributed by atoms with E-state index in [2.05, 4.69) is 46.9 Å². The van der Waals surface area contributed by atoms with Gasteiger partial charge in [0, 0.05) is 12.2 Å². The van der Waals surface area contributed by atoms with Gasteiger partial charge in [0.2, 0.25) is 0 Å². The maximum atomic E-state index is 5.91. The van der Waals surface area contributed by atoms with Crippen LogP contribution in [0.4, 0.5) is 17.2 Å². The number of hydrogen-bond acceptors (Lipinski definition) is 4. The third-order valence-electron chi connectivity index (χ3n) is 2.60. The lowest BCUT2D eigenvalue weighted by atomic mass is 10.2. The molecule has 2 N–H and O–H groups in total. The molecule has 1 aromatic carbocycles. The monoisotopic (exact) mass is 228 g/mol. The molecule has 0 bridgehead atoms. The molecule has 0 aliphatic heterocycles. The van der Waals surface area contributed by atoms with Gasteiger partial charge in [0.1, 0.15) is 6.33 Å². The summed E-state index contributed by atoms with van der Waals surface area (Å²) in [5.41, 5.74) is 8.81. The Hall–Kier alpha value is -2.10. The average Bonchev–Trinajstić information content (AvgIpc) is 2.33.